The Bertz CT molecular complexity index is 926. The predicted molar refractivity (Wildman–Crippen MR) is 111 cm³/mol. The van der Waals surface area contributed by atoms with Gasteiger partial charge in [0.25, 0.3) is 0 Å². The highest BCUT2D eigenvalue weighted by Crippen LogP contribution is 2.29. The van der Waals surface area contributed by atoms with E-state index in [2.05, 4.69) is 5.32 Å². The number of hydrogen-bond donors (Lipinski definition) is 1. The van der Waals surface area contributed by atoms with E-state index >= 15 is 0 Å². The standard InChI is InChI=1S/C21H25NO6S/c1-12-9-17(22-20(25)21(2,3)4)29-18(12)19(24)28-11-15(23)14-10-13(26-5)7-8-16(14)27-6/h7-10H,11H2,1-6H3,(H,22,25). The van der Waals surface area contributed by atoms with Gasteiger partial charge in [-0.25, -0.2) is 4.79 Å². The number of amides is 1. The van der Waals surface area contributed by atoms with Crippen molar-refractivity contribution in [3.8, 4) is 11.5 Å². The summed E-state index contributed by atoms with van der Waals surface area (Å²) in [5.74, 6) is -0.331. The molecular formula is C21H25NO6S. The minimum atomic E-state index is -0.626. The molecule has 29 heavy (non-hydrogen) atoms. The van der Waals surface area contributed by atoms with E-state index in [1.54, 1.807) is 45.9 Å². The van der Waals surface area contributed by atoms with E-state index in [-0.39, 0.29) is 11.5 Å². The fourth-order valence-electron chi connectivity index (χ4n) is 2.35. The molecule has 0 aliphatic carbocycles. The maximum absolute atomic E-state index is 12.5. The normalized spacial score (nSPS) is 11.0. The van der Waals surface area contributed by atoms with Crippen LogP contribution in [0.4, 0.5) is 5.00 Å². The van der Waals surface area contributed by atoms with Crippen molar-refractivity contribution in [3.05, 3.63) is 40.3 Å². The van der Waals surface area contributed by atoms with Crippen LogP contribution in [-0.4, -0.2) is 38.5 Å². The van der Waals surface area contributed by atoms with Gasteiger partial charge in [-0.2, -0.15) is 0 Å². The molecule has 0 aliphatic heterocycles. The molecule has 8 heteroatoms. The van der Waals surface area contributed by atoms with E-state index in [1.807, 2.05) is 0 Å². The minimum absolute atomic E-state index is 0.154. The van der Waals surface area contributed by atoms with Crippen LogP contribution in [0.15, 0.2) is 24.3 Å². The van der Waals surface area contributed by atoms with Crippen molar-refractivity contribution in [1.82, 2.24) is 0 Å². The number of methoxy groups -OCH3 is 2. The molecule has 2 rings (SSSR count). The summed E-state index contributed by atoms with van der Waals surface area (Å²) in [5.41, 5.74) is 0.372. The number of ketones is 1. The molecule has 1 N–H and O–H groups in total. The molecule has 0 atom stereocenters. The zero-order valence-corrected chi connectivity index (χ0v) is 18.2. The van der Waals surface area contributed by atoms with Crippen LogP contribution in [0, 0.1) is 12.3 Å². The number of hydrogen-bond acceptors (Lipinski definition) is 7. The quantitative estimate of drug-likeness (QED) is 0.537. The molecule has 1 aromatic heterocycles. The molecule has 0 saturated heterocycles. The van der Waals surface area contributed by atoms with Crippen LogP contribution in [-0.2, 0) is 9.53 Å². The average molecular weight is 419 g/mol. The van der Waals surface area contributed by atoms with Crippen LogP contribution in [0.25, 0.3) is 0 Å². The SMILES string of the molecule is COc1ccc(OC)c(C(=O)COC(=O)c2sc(NC(=O)C(C)(C)C)cc2C)c1. The van der Waals surface area contributed by atoms with E-state index in [0.717, 1.165) is 11.3 Å². The number of thiophene rings is 1. The number of carbonyl (C=O) groups is 3. The van der Waals surface area contributed by atoms with Gasteiger partial charge in [0, 0.05) is 5.41 Å². The lowest BCUT2D eigenvalue weighted by Crippen LogP contribution is -2.27. The van der Waals surface area contributed by atoms with E-state index in [1.165, 1.54) is 20.3 Å². The van der Waals surface area contributed by atoms with Gasteiger partial charge in [-0.15, -0.1) is 11.3 Å². The van der Waals surface area contributed by atoms with Gasteiger partial charge in [0.1, 0.15) is 16.4 Å². The van der Waals surface area contributed by atoms with Crippen molar-refractivity contribution in [1.29, 1.82) is 0 Å². The van der Waals surface area contributed by atoms with Gasteiger partial charge in [0.15, 0.2) is 6.61 Å². The second-order valence-electron chi connectivity index (χ2n) is 7.39. The minimum Gasteiger partial charge on any atom is -0.497 e. The van der Waals surface area contributed by atoms with E-state index in [4.69, 9.17) is 14.2 Å². The lowest BCUT2D eigenvalue weighted by Gasteiger charge is -2.16. The third-order valence-corrected chi connectivity index (χ3v) is 5.20. The summed E-state index contributed by atoms with van der Waals surface area (Å²) in [6.07, 6.45) is 0. The molecule has 0 fully saturated rings. The number of benzene rings is 1. The molecule has 0 saturated carbocycles. The van der Waals surface area contributed by atoms with Gasteiger partial charge in [0.05, 0.1) is 24.8 Å². The fraction of sp³-hybridized carbons (Fsp3) is 0.381. The molecule has 0 bridgehead atoms. The van der Waals surface area contributed by atoms with Crippen LogP contribution >= 0.6 is 11.3 Å². The zero-order valence-electron chi connectivity index (χ0n) is 17.4. The molecule has 0 aliphatic rings. The Morgan fingerprint density at radius 3 is 2.34 bits per heavy atom. The molecule has 1 aromatic carbocycles. The lowest BCUT2D eigenvalue weighted by atomic mass is 9.96. The molecule has 0 spiro atoms. The van der Waals surface area contributed by atoms with Crippen LogP contribution in [0.3, 0.4) is 0 Å². The first-order valence-electron chi connectivity index (χ1n) is 8.91. The van der Waals surface area contributed by atoms with Gasteiger partial charge in [-0.1, -0.05) is 20.8 Å². The van der Waals surface area contributed by atoms with Crippen LogP contribution < -0.4 is 14.8 Å². The third kappa shape index (κ3) is 5.57. The maximum atomic E-state index is 12.5. The van der Waals surface area contributed by atoms with Gasteiger partial charge < -0.3 is 19.5 Å². The Morgan fingerprint density at radius 1 is 1.07 bits per heavy atom. The van der Waals surface area contributed by atoms with Gasteiger partial charge in [-0.05, 0) is 36.8 Å². The predicted octanol–water partition coefficient (Wildman–Crippen LogP) is 4.10. The number of esters is 1. The smallest absolute Gasteiger partial charge is 0.349 e. The first-order chi connectivity index (χ1) is 13.6. The summed E-state index contributed by atoms with van der Waals surface area (Å²) in [5, 5.41) is 3.34. The van der Waals surface area contributed by atoms with Gasteiger partial charge in [-0.3, -0.25) is 9.59 Å². The topological polar surface area (TPSA) is 90.9 Å². The first-order valence-corrected chi connectivity index (χ1v) is 9.72. The summed E-state index contributed by atoms with van der Waals surface area (Å²) >= 11 is 1.11. The van der Waals surface area contributed by atoms with E-state index in [0.29, 0.717) is 26.9 Å². The Hall–Kier alpha value is -2.87. The van der Waals surface area contributed by atoms with Crippen LogP contribution in [0.5, 0.6) is 11.5 Å². The summed E-state index contributed by atoms with van der Waals surface area (Å²) in [7, 11) is 2.94. The van der Waals surface area contributed by atoms with Crippen molar-refractivity contribution in [3.63, 3.8) is 0 Å². The highest BCUT2D eigenvalue weighted by molar-refractivity contribution is 7.18. The lowest BCUT2D eigenvalue weighted by molar-refractivity contribution is -0.123. The molecule has 0 radical (unpaired) electrons. The first kappa shape index (κ1) is 22.4. The van der Waals surface area contributed by atoms with Crippen molar-refractivity contribution < 1.29 is 28.6 Å². The van der Waals surface area contributed by atoms with Crippen LogP contribution in [0.2, 0.25) is 0 Å². The summed E-state index contributed by atoms with van der Waals surface area (Å²) in [6, 6.07) is 6.52. The number of carbonyl (C=O) groups excluding carboxylic acids is 3. The number of rotatable bonds is 7. The molecule has 0 unspecified atom stereocenters. The Balaban J connectivity index is 2.08. The number of Topliss-reactive ketones (excluding diaryl/α,β-unsaturated/α-hetero) is 1. The average Bonchev–Trinajstić information content (AvgIpc) is 3.04. The molecule has 1 amide bonds. The van der Waals surface area contributed by atoms with Crippen LogP contribution in [0.1, 0.15) is 46.4 Å². The second kappa shape index (κ2) is 9.09. The molecule has 2 aromatic rings. The molecule has 7 nitrogen and oxygen atoms in total. The monoisotopic (exact) mass is 419 g/mol. The third-order valence-electron chi connectivity index (χ3n) is 4.06. The Morgan fingerprint density at radius 2 is 1.76 bits per heavy atom. The zero-order chi connectivity index (χ0) is 21.8. The summed E-state index contributed by atoms with van der Waals surface area (Å²) < 4.78 is 15.5. The molecular weight excluding hydrogens is 394 g/mol. The second-order valence-corrected chi connectivity index (χ2v) is 8.44. The molecule has 1 heterocycles. The van der Waals surface area contributed by atoms with Crippen molar-refractivity contribution >= 4 is 34.0 Å². The largest absolute Gasteiger partial charge is 0.497 e. The van der Waals surface area contributed by atoms with Crippen molar-refractivity contribution in [2.45, 2.75) is 27.7 Å². The highest BCUT2D eigenvalue weighted by atomic mass is 32.1. The fourth-order valence-corrected chi connectivity index (χ4v) is 3.31. The number of aryl methyl sites for hydroxylation is 1. The van der Waals surface area contributed by atoms with Crippen molar-refractivity contribution in [2.24, 2.45) is 5.41 Å². The number of nitrogens with one attached hydrogen (secondary N) is 1. The number of ether oxygens (including phenoxy) is 3. The van der Waals surface area contributed by atoms with Crippen molar-refractivity contribution in [2.75, 3.05) is 26.1 Å². The van der Waals surface area contributed by atoms with Gasteiger partial charge in [0.2, 0.25) is 11.7 Å². The van der Waals surface area contributed by atoms with Gasteiger partial charge >= 0.3 is 5.97 Å². The summed E-state index contributed by atoms with van der Waals surface area (Å²) in [4.78, 5) is 37.4. The number of anilines is 1. The van der Waals surface area contributed by atoms with E-state index in [9.17, 15) is 14.4 Å². The summed E-state index contributed by atoms with van der Waals surface area (Å²) in [6.45, 7) is 6.71. The maximum Gasteiger partial charge on any atom is 0.349 e. The Labute approximate surface area is 174 Å². The van der Waals surface area contributed by atoms with E-state index < -0.39 is 23.8 Å². The Kier molecular flexibility index (Phi) is 7.02. The highest BCUT2D eigenvalue weighted by Gasteiger charge is 2.24. The molecule has 156 valence electrons.